The lowest BCUT2D eigenvalue weighted by atomic mass is 10.1. The van der Waals surface area contributed by atoms with Gasteiger partial charge in [-0.05, 0) is 31.2 Å². The summed E-state index contributed by atoms with van der Waals surface area (Å²) in [5.41, 5.74) is 0.689. The lowest BCUT2D eigenvalue weighted by molar-refractivity contribution is -0.137. The first kappa shape index (κ1) is 28.3. The number of imidazole rings is 1. The van der Waals surface area contributed by atoms with Gasteiger partial charge in [0.1, 0.15) is 18.5 Å². The standard InChI is InChI=1S/C23H30N8O7S/c1-4-24-21(34)18-16(32)17(33)22(38-18)31-12-27-15-19(25-11-26-20(15)31)29-23(35)28-13-7-9-14(10-8-13)39(36,37)30(5-2)6-3/h7-12,16-18,22,32-33H,4-6H2,1-3H3,(H,24,34)(H2,25,26,28,29,35)/t16-,17+,18-,22+/m0/s1. The number of likely N-dealkylation sites (N-methyl/N-ethyl adjacent to an activating group) is 1. The Morgan fingerprint density at radius 1 is 1.03 bits per heavy atom. The van der Waals surface area contributed by atoms with Crippen LogP contribution in [0.5, 0.6) is 0 Å². The maximum atomic E-state index is 12.7. The van der Waals surface area contributed by atoms with E-state index >= 15 is 0 Å². The first-order valence-electron chi connectivity index (χ1n) is 12.3. The van der Waals surface area contributed by atoms with Crippen LogP contribution in [-0.2, 0) is 19.6 Å². The third-order valence-electron chi connectivity index (χ3n) is 6.17. The lowest BCUT2D eigenvalue weighted by Crippen LogP contribution is -2.42. The summed E-state index contributed by atoms with van der Waals surface area (Å²) in [6, 6.07) is 5.07. The normalized spacial score (nSPS) is 21.3. The van der Waals surface area contributed by atoms with Crippen LogP contribution in [-0.4, -0.2) is 92.3 Å². The van der Waals surface area contributed by atoms with Crippen LogP contribution in [0.2, 0.25) is 0 Å². The van der Waals surface area contributed by atoms with Gasteiger partial charge in [0.05, 0.1) is 11.2 Å². The summed E-state index contributed by atoms with van der Waals surface area (Å²) < 4.78 is 33.6. The number of aromatic nitrogens is 4. The number of carbonyl (C=O) groups excluding carboxylic acids is 2. The monoisotopic (exact) mass is 562 g/mol. The van der Waals surface area contributed by atoms with Gasteiger partial charge in [0.15, 0.2) is 29.3 Å². The minimum Gasteiger partial charge on any atom is -0.387 e. The number of urea groups is 1. The molecule has 3 aromatic rings. The van der Waals surface area contributed by atoms with Gasteiger partial charge in [-0.2, -0.15) is 4.31 Å². The Labute approximate surface area is 224 Å². The van der Waals surface area contributed by atoms with E-state index in [1.165, 1.54) is 45.8 Å². The number of anilines is 2. The number of nitrogens with one attached hydrogen (secondary N) is 3. The smallest absolute Gasteiger partial charge is 0.324 e. The Hall–Kier alpha value is -3.70. The second kappa shape index (κ2) is 11.6. The third-order valence-corrected chi connectivity index (χ3v) is 8.23. The average molecular weight is 563 g/mol. The zero-order valence-electron chi connectivity index (χ0n) is 21.5. The van der Waals surface area contributed by atoms with Gasteiger partial charge in [0, 0.05) is 25.3 Å². The van der Waals surface area contributed by atoms with Gasteiger partial charge in [-0.25, -0.2) is 28.2 Å². The van der Waals surface area contributed by atoms with Crippen LogP contribution in [0, 0.1) is 0 Å². The van der Waals surface area contributed by atoms with Crippen molar-refractivity contribution >= 4 is 44.6 Å². The minimum atomic E-state index is -3.63. The van der Waals surface area contributed by atoms with Crippen molar-refractivity contribution in [3.63, 3.8) is 0 Å². The molecule has 1 aliphatic heterocycles. The van der Waals surface area contributed by atoms with Gasteiger partial charge in [-0.1, -0.05) is 13.8 Å². The largest absolute Gasteiger partial charge is 0.387 e. The number of amides is 3. The molecule has 1 aliphatic rings. The molecule has 1 fully saturated rings. The van der Waals surface area contributed by atoms with Crippen molar-refractivity contribution in [3.8, 4) is 0 Å². The first-order valence-corrected chi connectivity index (χ1v) is 13.7. The van der Waals surface area contributed by atoms with E-state index in [2.05, 4.69) is 30.9 Å². The molecule has 0 radical (unpaired) electrons. The zero-order valence-corrected chi connectivity index (χ0v) is 22.3. The number of nitrogens with zero attached hydrogens (tertiary/aromatic N) is 5. The maximum Gasteiger partial charge on any atom is 0.324 e. The number of fused-ring (bicyclic) bond motifs is 1. The van der Waals surface area contributed by atoms with Crippen LogP contribution in [0.1, 0.15) is 27.0 Å². The summed E-state index contributed by atoms with van der Waals surface area (Å²) in [5, 5.41) is 28.5. The zero-order chi connectivity index (χ0) is 28.3. The highest BCUT2D eigenvalue weighted by atomic mass is 32.2. The van der Waals surface area contributed by atoms with Gasteiger partial charge in [0.25, 0.3) is 5.91 Å². The molecule has 4 rings (SSSR count). The molecule has 1 aromatic carbocycles. The van der Waals surface area contributed by atoms with Gasteiger partial charge in [-0.3, -0.25) is 14.7 Å². The summed E-state index contributed by atoms with van der Waals surface area (Å²) in [6.45, 7) is 6.22. The highest BCUT2D eigenvalue weighted by Gasteiger charge is 2.47. The Morgan fingerprint density at radius 2 is 1.72 bits per heavy atom. The number of aliphatic hydroxyl groups is 2. The molecule has 3 amide bonds. The Kier molecular flexibility index (Phi) is 8.41. The number of ether oxygens (including phenoxy) is 1. The SMILES string of the molecule is CCNC(=O)[C@H]1O[C@@H](n2cnc3c(NC(=O)Nc4ccc(S(=O)(=O)N(CC)CC)cc4)ncnc32)[C@H](O)[C@@H]1O. The van der Waals surface area contributed by atoms with Gasteiger partial charge in [0.2, 0.25) is 10.0 Å². The van der Waals surface area contributed by atoms with E-state index in [9.17, 15) is 28.2 Å². The van der Waals surface area contributed by atoms with Crippen molar-refractivity contribution in [2.45, 2.75) is 50.2 Å². The van der Waals surface area contributed by atoms with Crippen molar-refractivity contribution in [3.05, 3.63) is 36.9 Å². The number of aliphatic hydroxyl groups excluding tert-OH is 2. The van der Waals surface area contributed by atoms with Crippen molar-refractivity contribution in [2.24, 2.45) is 0 Å². The number of benzene rings is 1. The molecule has 210 valence electrons. The fraction of sp³-hybridized carbons (Fsp3) is 0.435. The molecular formula is C23H30N8O7S. The maximum absolute atomic E-state index is 12.7. The van der Waals surface area contributed by atoms with Crippen LogP contribution in [0.25, 0.3) is 11.2 Å². The summed E-state index contributed by atoms with van der Waals surface area (Å²) in [4.78, 5) is 37.4. The molecule has 0 bridgehead atoms. The van der Waals surface area contributed by atoms with Crippen molar-refractivity contribution < 1.29 is 33.0 Å². The first-order chi connectivity index (χ1) is 18.6. The molecule has 0 unspecified atom stereocenters. The predicted octanol–water partition coefficient (Wildman–Crippen LogP) is 0.256. The Morgan fingerprint density at radius 3 is 2.36 bits per heavy atom. The van der Waals surface area contributed by atoms with Gasteiger partial charge >= 0.3 is 6.03 Å². The Balaban J connectivity index is 1.49. The van der Waals surface area contributed by atoms with Crippen molar-refractivity contribution in [1.29, 1.82) is 0 Å². The number of carbonyl (C=O) groups is 2. The van der Waals surface area contributed by atoms with E-state index in [-0.39, 0.29) is 21.9 Å². The molecule has 1 saturated heterocycles. The summed E-state index contributed by atoms with van der Waals surface area (Å²) in [6.07, 6.45) is -2.92. The molecule has 0 aliphatic carbocycles. The molecular weight excluding hydrogens is 532 g/mol. The van der Waals surface area contributed by atoms with Crippen molar-refractivity contribution in [1.82, 2.24) is 29.1 Å². The summed E-state index contributed by atoms with van der Waals surface area (Å²) in [5.74, 6) is -0.520. The lowest BCUT2D eigenvalue weighted by Gasteiger charge is -2.18. The van der Waals surface area contributed by atoms with E-state index in [4.69, 9.17) is 4.74 Å². The third kappa shape index (κ3) is 5.55. The van der Waals surface area contributed by atoms with Crippen LogP contribution in [0.15, 0.2) is 41.8 Å². The highest BCUT2D eigenvalue weighted by molar-refractivity contribution is 7.89. The minimum absolute atomic E-state index is 0.0466. The van der Waals surface area contributed by atoms with Crippen molar-refractivity contribution in [2.75, 3.05) is 30.3 Å². The van der Waals surface area contributed by atoms with E-state index < -0.39 is 46.5 Å². The molecule has 16 heteroatoms. The van der Waals surface area contributed by atoms with Crippen LogP contribution in [0.3, 0.4) is 0 Å². The predicted molar refractivity (Wildman–Crippen MR) is 139 cm³/mol. The number of hydrogen-bond acceptors (Lipinski definition) is 10. The average Bonchev–Trinajstić information content (AvgIpc) is 3.46. The second-order valence-corrected chi connectivity index (χ2v) is 10.5. The topological polar surface area (TPSA) is 201 Å². The van der Waals surface area contributed by atoms with E-state index in [0.29, 0.717) is 25.3 Å². The quantitative estimate of drug-likeness (QED) is 0.241. The van der Waals surface area contributed by atoms with Gasteiger partial charge < -0.3 is 25.6 Å². The number of hydrogen-bond donors (Lipinski definition) is 5. The van der Waals surface area contributed by atoms with E-state index in [1.807, 2.05) is 0 Å². The van der Waals surface area contributed by atoms with E-state index in [1.54, 1.807) is 20.8 Å². The molecule has 15 nitrogen and oxygen atoms in total. The number of rotatable bonds is 9. The molecule has 5 N–H and O–H groups in total. The molecule has 3 heterocycles. The highest BCUT2D eigenvalue weighted by Crippen LogP contribution is 2.32. The van der Waals surface area contributed by atoms with Crippen LogP contribution >= 0.6 is 0 Å². The van der Waals surface area contributed by atoms with Gasteiger partial charge in [-0.15, -0.1) is 0 Å². The van der Waals surface area contributed by atoms with E-state index in [0.717, 1.165) is 0 Å². The fourth-order valence-corrected chi connectivity index (χ4v) is 5.66. The fourth-order valence-electron chi connectivity index (χ4n) is 4.20. The molecule has 39 heavy (non-hydrogen) atoms. The molecule has 2 aromatic heterocycles. The molecule has 0 saturated carbocycles. The number of sulfonamides is 1. The second-order valence-electron chi connectivity index (χ2n) is 8.56. The Bertz CT molecular complexity index is 1440. The molecule has 4 atom stereocenters. The van der Waals surface area contributed by atoms with Crippen LogP contribution in [0.4, 0.5) is 16.3 Å². The van der Waals surface area contributed by atoms with Crippen LogP contribution < -0.4 is 16.0 Å². The molecule has 0 spiro atoms. The summed E-state index contributed by atoms with van der Waals surface area (Å²) in [7, 11) is -3.63. The summed E-state index contributed by atoms with van der Waals surface area (Å²) >= 11 is 0.